The Morgan fingerprint density at radius 2 is 1.89 bits per heavy atom. The van der Waals surface area contributed by atoms with E-state index in [1.807, 2.05) is 25.1 Å². The van der Waals surface area contributed by atoms with Crippen molar-refractivity contribution in [2.75, 3.05) is 11.9 Å². The van der Waals surface area contributed by atoms with E-state index >= 15 is 0 Å². The second kappa shape index (κ2) is 5.94. The molecule has 2 N–H and O–H groups in total. The van der Waals surface area contributed by atoms with Crippen molar-refractivity contribution in [3.63, 3.8) is 0 Å². The molecule has 0 unspecified atom stereocenters. The number of aryl methyl sites for hydroxylation is 1. The molecule has 1 aromatic carbocycles. The molecule has 3 heteroatoms. The van der Waals surface area contributed by atoms with Gasteiger partial charge in [-0.25, -0.2) is 0 Å². The highest BCUT2D eigenvalue weighted by atomic mass is 35.5. The first kappa shape index (κ1) is 13.7. The van der Waals surface area contributed by atoms with Gasteiger partial charge in [0.2, 0.25) is 0 Å². The van der Waals surface area contributed by atoms with Crippen molar-refractivity contribution < 1.29 is 5.11 Å². The summed E-state index contributed by atoms with van der Waals surface area (Å²) in [6.07, 6.45) is 6.57. The summed E-state index contributed by atoms with van der Waals surface area (Å²) in [5, 5.41) is 14.6. The normalized spacial score (nSPS) is 19.3. The smallest absolute Gasteiger partial charge is 0.0819 e. The third kappa shape index (κ3) is 3.63. The number of nitrogens with one attached hydrogen (secondary N) is 1. The van der Waals surface area contributed by atoms with E-state index in [1.54, 1.807) is 0 Å². The second-order valence-corrected chi connectivity index (χ2v) is 5.86. The highest BCUT2D eigenvalue weighted by Gasteiger charge is 2.27. The van der Waals surface area contributed by atoms with Crippen LogP contribution in [0.4, 0.5) is 5.69 Å². The predicted molar refractivity (Wildman–Crippen MR) is 77.3 cm³/mol. The van der Waals surface area contributed by atoms with Crippen molar-refractivity contribution in [1.29, 1.82) is 0 Å². The molecule has 1 fully saturated rings. The highest BCUT2D eigenvalue weighted by Crippen LogP contribution is 2.28. The van der Waals surface area contributed by atoms with Crippen LogP contribution in [0.5, 0.6) is 0 Å². The molecule has 0 amide bonds. The summed E-state index contributed by atoms with van der Waals surface area (Å²) >= 11 is 6.09. The molecule has 1 saturated carbocycles. The Bertz CT molecular complexity index is 397. The number of anilines is 1. The first-order valence-corrected chi connectivity index (χ1v) is 7.19. The minimum Gasteiger partial charge on any atom is -0.388 e. The number of rotatable bonds is 3. The first-order chi connectivity index (χ1) is 8.59. The van der Waals surface area contributed by atoms with Crippen LogP contribution >= 0.6 is 11.6 Å². The Kier molecular flexibility index (Phi) is 4.52. The Labute approximate surface area is 114 Å². The van der Waals surface area contributed by atoms with E-state index in [0.29, 0.717) is 6.54 Å². The zero-order valence-corrected chi connectivity index (χ0v) is 11.8. The molecule has 0 radical (unpaired) electrons. The quantitative estimate of drug-likeness (QED) is 0.807. The minimum atomic E-state index is -0.548. The van der Waals surface area contributed by atoms with E-state index in [0.717, 1.165) is 42.0 Å². The van der Waals surface area contributed by atoms with Gasteiger partial charge >= 0.3 is 0 Å². The molecule has 0 aliphatic heterocycles. The molecule has 1 aliphatic rings. The topological polar surface area (TPSA) is 32.3 Å². The Morgan fingerprint density at radius 1 is 1.22 bits per heavy atom. The molecular formula is C15H22ClNO. The van der Waals surface area contributed by atoms with Gasteiger partial charge in [0.1, 0.15) is 0 Å². The minimum absolute atomic E-state index is 0.548. The van der Waals surface area contributed by atoms with Crippen LogP contribution in [-0.4, -0.2) is 17.3 Å². The van der Waals surface area contributed by atoms with Crippen LogP contribution in [0.2, 0.25) is 5.02 Å². The largest absolute Gasteiger partial charge is 0.388 e. The van der Waals surface area contributed by atoms with E-state index in [1.165, 1.54) is 12.8 Å². The third-order valence-electron chi connectivity index (χ3n) is 3.83. The monoisotopic (exact) mass is 267 g/mol. The number of hydrogen-bond donors (Lipinski definition) is 2. The van der Waals surface area contributed by atoms with Crippen molar-refractivity contribution in [3.05, 3.63) is 28.8 Å². The van der Waals surface area contributed by atoms with E-state index in [-0.39, 0.29) is 0 Å². The SMILES string of the molecule is Cc1ccc(NCC2(O)CCCCCC2)cc1Cl. The van der Waals surface area contributed by atoms with E-state index < -0.39 is 5.60 Å². The maximum absolute atomic E-state index is 10.5. The van der Waals surface area contributed by atoms with Gasteiger partial charge in [0.05, 0.1) is 5.60 Å². The summed E-state index contributed by atoms with van der Waals surface area (Å²) in [4.78, 5) is 0. The van der Waals surface area contributed by atoms with Gasteiger partial charge in [0.25, 0.3) is 0 Å². The lowest BCUT2D eigenvalue weighted by Crippen LogP contribution is -2.36. The number of hydrogen-bond acceptors (Lipinski definition) is 2. The molecule has 18 heavy (non-hydrogen) atoms. The predicted octanol–water partition coefficient (Wildman–Crippen LogP) is 4.15. The lowest BCUT2D eigenvalue weighted by atomic mass is 9.94. The average molecular weight is 268 g/mol. The van der Waals surface area contributed by atoms with Crippen LogP contribution in [0, 0.1) is 6.92 Å². The van der Waals surface area contributed by atoms with Crippen molar-refractivity contribution in [2.24, 2.45) is 0 Å². The summed E-state index contributed by atoms with van der Waals surface area (Å²) in [7, 11) is 0. The molecule has 0 bridgehead atoms. The molecule has 0 heterocycles. The van der Waals surface area contributed by atoms with Gasteiger partial charge in [-0.3, -0.25) is 0 Å². The van der Waals surface area contributed by atoms with Gasteiger partial charge in [0.15, 0.2) is 0 Å². The lowest BCUT2D eigenvalue weighted by molar-refractivity contribution is 0.0381. The lowest BCUT2D eigenvalue weighted by Gasteiger charge is -2.27. The molecule has 100 valence electrons. The Hall–Kier alpha value is -0.730. The van der Waals surface area contributed by atoms with Crippen LogP contribution in [-0.2, 0) is 0 Å². The average Bonchev–Trinajstić information content (AvgIpc) is 2.56. The molecule has 2 nitrogen and oxygen atoms in total. The van der Waals surface area contributed by atoms with Crippen LogP contribution in [0.25, 0.3) is 0 Å². The molecule has 1 aliphatic carbocycles. The molecular weight excluding hydrogens is 246 g/mol. The maximum Gasteiger partial charge on any atom is 0.0819 e. The second-order valence-electron chi connectivity index (χ2n) is 5.46. The van der Waals surface area contributed by atoms with Crippen LogP contribution in [0.3, 0.4) is 0 Å². The van der Waals surface area contributed by atoms with Crippen LogP contribution < -0.4 is 5.32 Å². The fourth-order valence-electron chi connectivity index (χ4n) is 2.53. The molecule has 0 spiro atoms. The highest BCUT2D eigenvalue weighted by molar-refractivity contribution is 6.31. The number of aliphatic hydroxyl groups is 1. The van der Waals surface area contributed by atoms with Crippen molar-refractivity contribution in [3.8, 4) is 0 Å². The zero-order valence-electron chi connectivity index (χ0n) is 11.0. The van der Waals surface area contributed by atoms with Crippen molar-refractivity contribution >= 4 is 17.3 Å². The number of benzene rings is 1. The fourth-order valence-corrected chi connectivity index (χ4v) is 2.71. The summed E-state index contributed by atoms with van der Waals surface area (Å²) in [6, 6.07) is 5.94. The molecule has 0 atom stereocenters. The standard InChI is InChI=1S/C15H22ClNO/c1-12-6-7-13(10-14(12)16)17-11-15(18)8-4-2-3-5-9-15/h6-7,10,17-18H,2-5,8-9,11H2,1H3. The summed E-state index contributed by atoms with van der Waals surface area (Å²) in [5.41, 5.74) is 1.52. The number of halogens is 1. The molecule has 0 aromatic heterocycles. The van der Waals surface area contributed by atoms with Gasteiger partial charge in [-0.2, -0.15) is 0 Å². The van der Waals surface area contributed by atoms with E-state index in [9.17, 15) is 5.11 Å². The van der Waals surface area contributed by atoms with Gasteiger partial charge in [0, 0.05) is 17.3 Å². The Balaban J connectivity index is 1.95. The molecule has 0 saturated heterocycles. The third-order valence-corrected chi connectivity index (χ3v) is 4.23. The van der Waals surface area contributed by atoms with Crippen LogP contribution in [0.15, 0.2) is 18.2 Å². The first-order valence-electron chi connectivity index (χ1n) is 6.81. The summed E-state index contributed by atoms with van der Waals surface area (Å²) in [5.74, 6) is 0. The summed E-state index contributed by atoms with van der Waals surface area (Å²) in [6.45, 7) is 2.61. The Morgan fingerprint density at radius 3 is 2.50 bits per heavy atom. The summed E-state index contributed by atoms with van der Waals surface area (Å²) < 4.78 is 0. The van der Waals surface area contributed by atoms with Gasteiger partial charge < -0.3 is 10.4 Å². The van der Waals surface area contributed by atoms with E-state index in [4.69, 9.17) is 11.6 Å². The van der Waals surface area contributed by atoms with Gasteiger partial charge in [-0.1, -0.05) is 43.4 Å². The molecule has 2 rings (SSSR count). The van der Waals surface area contributed by atoms with Crippen molar-refractivity contribution in [2.45, 2.75) is 51.0 Å². The molecule has 1 aromatic rings. The zero-order chi connectivity index (χ0) is 13.0. The van der Waals surface area contributed by atoms with Gasteiger partial charge in [-0.15, -0.1) is 0 Å². The maximum atomic E-state index is 10.5. The fraction of sp³-hybridized carbons (Fsp3) is 0.600. The van der Waals surface area contributed by atoms with E-state index in [2.05, 4.69) is 5.32 Å². The van der Waals surface area contributed by atoms with Gasteiger partial charge in [-0.05, 0) is 37.5 Å². The van der Waals surface area contributed by atoms with Crippen molar-refractivity contribution in [1.82, 2.24) is 0 Å². The van der Waals surface area contributed by atoms with Crippen LogP contribution in [0.1, 0.15) is 44.1 Å².